The SMILES string of the molecule is C/C(=N/NC(=O)Nc1ccccc1)C12CC3CC(CC(C3)C1)C2. The van der Waals surface area contributed by atoms with Gasteiger partial charge in [-0.05, 0) is 75.3 Å². The third-order valence-corrected chi connectivity index (χ3v) is 6.16. The predicted octanol–water partition coefficient (Wildman–Crippen LogP) is 4.40. The summed E-state index contributed by atoms with van der Waals surface area (Å²) in [6, 6.07) is 9.21. The highest BCUT2D eigenvalue weighted by atomic mass is 16.2. The second-order valence-electron chi connectivity index (χ2n) is 7.83. The van der Waals surface area contributed by atoms with Crippen LogP contribution in [-0.2, 0) is 0 Å². The maximum Gasteiger partial charge on any atom is 0.339 e. The van der Waals surface area contributed by atoms with Crippen LogP contribution in [0.5, 0.6) is 0 Å². The summed E-state index contributed by atoms with van der Waals surface area (Å²) >= 11 is 0. The highest BCUT2D eigenvalue weighted by Gasteiger charge is 2.52. The van der Waals surface area contributed by atoms with Gasteiger partial charge >= 0.3 is 6.03 Å². The van der Waals surface area contributed by atoms with Gasteiger partial charge in [0, 0.05) is 16.8 Å². The molecule has 4 saturated carbocycles. The molecule has 122 valence electrons. The molecule has 1 aromatic rings. The first-order valence-corrected chi connectivity index (χ1v) is 8.80. The topological polar surface area (TPSA) is 53.5 Å². The molecule has 0 aromatic heterocycles. The van der Waals surface area contributed by atoms with Crippen molar-refractivity contribution in [2.45, 2.75) is 45.4 Å². The molecular weight excluding hydrogens is 286 g/mol. The maximum absolute atomic E-state index is 12.0. The van der Waals surface area contributed by atoms with Crippen LogP contribution in [0.2, 0.25) is 0 Å². The molecule has 4 bridgehead atoms. The van der Waals surface area contributed by atoms with Crippen LogP contribution in [0.3, 0.4) is 0 Å². The van der Waals surface area contributed by atoms with E-state index < -0.39 is 0 Å². The number of urea groups is 1. The Kier molecular flexibility index (Phi) is 3.63. The number of hydrogen-bond acceptors (Lipinski definition) is 2. The first-order chi connectivity index (χ1) is 11.1. The van der Waals surface area contributed by atoms with E-state index in [0.717, 1.165) is 29.2 Å². The molecule has 0 saturated heterocycles. The van der Waals surface area contributed by atoms with Crippen LogP contribution in [0.25, 0.3) is 0 Å². The van der Waals surface area contributed by atoms with Crippen LogP contribution in [0.4, 0.5) is 10.5 Å². The lowest BCUT2D eigenvalue weighted by Gasteiger charge is -2.56. The maximum atomic E-state index is 12.0. The first kappa shape index (κ1) is 14.7. The van der Waals surface area contributed by atoms with Gasteiger partial charge in [-0.25, -0.2) is 10.2 Å². The molecule has 0 atom stereocenters. The van der Waals surface area contributed by atoms with Crippen molar-refractivity contribution in [1.29, 1.82) is 0 Å². The number of carbonyl (C=O) groups is 1. The molecule has 4 aliphatic carbocycles. The van der Waals surface area contributed by atoms with E-state index in [0.29, 0.717) is 0 Å². The summed E-state index contributed by atoms with van der Waals surface area (Å²) in [5.41, 5.74) is 4.86. The molecule has 4 fully saturated rings. The van der Waals surface area contributed by atoms with Gasteiger partial charge in [-0.3, -0.25) is 0 Å². The zero-order valence-electron chi connectivity index (χ0n) is 13.7. The molecule has 5 rings (SSSR count). The Hall–Kier alpha value is -1.84. The number of anilines is 1. The summed E-state index contributed by atoms with van der Waals surface area (Å²) in [6.07, 6.45) is 8.10. The number of nitrogens with zero attached hydrogens (tertiary/aromatic N) is 1. The van der Waals surface area contributed by atoms with E-state index in [4.69, 9.17) is 0 Å². The normalized spacial score (nSPS) is 35.2. The quantitative estimate of drug-likeness (QED) is 0.631. The Morgan fingerprint density at radius 3 is 2.17 bits per heavy atom. The molecule has 2 amide bonds. The number of hydrazone groups is 1. The lowest BCUT2D eigenvalue weighted by atomic mass is 9.48. The number of para-hydroxylation sites is 1. The van der Waals surface area contributed by atoms with Crippen LogP contribution in [0.15, 0.2) is 35.4 Å². The van der Waals surface area contributed by atoms with Gasteiger partial charge in [0.05, 0.1) is 0 Å². The fraction of sp³-hybridized carbons (Fsp3) is 0.579. The molecule has 0 unspecified atom stereocenters. The summed E-state index contributed by atoms with van der Waals surface area (Å²) in [4.78, 5) is 12.0. The number of amides is 2. The number of benzene rings is 1. The molecule has 23 heavy (non-hydrogen) atoms. The van der Waals surface area contributed by atoms with E-state index in [1.165, 1.54) is 38.5 Å². The molecule has 4 nitrogen and oxygen atoms in total. The smallest absolute Gasteiger partial charge is 0.307 e. The molecule has 1 aromatic carbocycles. The molecule has 0 heterocycles. The number of rotatable bonds is 3. The third-order valence-electron chi connectivity index (χ3n) is 6.16. The minimum atomic E-state index is -0.264. The molecule has 0 aliphatic heterocycles. The lowest BCUT2D eigenvalue weighted by Crippen LogP contribution is -2.49. The third kappa shape index (κ3) is 2.87. The van der Waals surface area contributed by atoms with E-state index in [1.54, 1.807) is 0 Å². The lowest BCUT2D eigenvalue weighted by molar-refractivity contribution is -0.0128. The first-order valence-electron chi connectivity index (χ1n) is 8.80. The van der Waals surface area contributed by atoms with Crippen LogP contribution >= 0.6 is 0 Å². The van der Waals surface area contributed by atoms with Gasteiger partial charge < -0.3 is 5.32 Å². The Labute approximate surface area is 137 Å². The highest BCUT2D eigenvalue weighted by Crippen LogP contribution is 2.60. The number of hydrogen-bond donors (Lipinski definition) is 2. The summed E-state index contributed by atoms with van der Waals surface area (Å²) < 4.78 is 0. The summed E-state index contributed by atoms with van der Waals surface area (Å²) in [6.45, 7) is 2.11. The molecule has 2 N–H and O–H groups in total. The average molecular weight is 311 g/mol. The fourth-order valence-corrected chi connectivity index (χ4v) is 5.49. The van der Waals surface area contributed by atoms with Crippen LogP contribution in [0, 0.1) is 23.2 Å². The van der Waals surface area contributed by atoms with Crippen molar-refractivity contribution in [3.05, 3.63) is 30.3 Å². The van der Waals surface area contributed by atoms with Crippen molar-refractivity contribution in [3.63, 3.8) is 0 Å². The minimum Gasteiger partial charge on any atom is -0.307 e. The monoisotopic (exact) mass is 311 g/mol. The minimum absolute atomic E-state index is 0.259. The van der Waals surface area contributed by atoms with E-state index in [1.807, 2.05) is 30.3 Å². The van der Waals surface area contributed by atoms with Gasteiger partial charge in [-0.1, -0.05) is 18.2 Å². The Morgan fingerprint density at radius 1 is 1.04 bits per heavy atom. The molecule has 0 radical (unpaired) electrons. The van der Waals surface area contributed by atoms with Gasteiger partial charge in [0.15, 0.2) is 0 Å². The van der Waals surface area contributed by atoms with Crippen LogP contribution in [-0.4, -0.2) is 11.7 Å². The Balaban J connectivity index is 1.41. The molecule has 4 aliphatic rings. The standard InChI is InChI=1S/C19H25N3O/c1-13(21-22-18(23)20-17-5-3-2-4-6-17)19-10-14-7-15(11-19)9-16(8-14)12-19/h2-6,14-16H,7-12H2,1H3,(H2,20,22,23)/b21-13-. The van der Waals surface area contributed by atoms with E-state index in [2.05, 4.69) is 22.8 Å². The van der Waals surface area contributed by atoms with Crippen molar-refractivity contribution in [2.75, 3.05) is 5.32 Å². The van der Waals surface area contributed by atoms with E-state index in [-0.39, 0.29) is 11.4 Å². The van der Waals surface area contributed by atoms with Crippen molar-refractivity contribution in [1.82, 2.24) is 5.43 Å². The van der Waals surface area contributed by atoms with Crippen molar-refractivity contribution in [3.8, 4) is 0 Å². The summed E-state index contributed by atoms with van der Waals surface area (Å²) in [7, 11) is 0. The molecule has 0 spiro atoms. The fourth-order valence-electron chi connectivity index (χ4n) is 5.49. The van der Waals surface area contributed by atoms with Gasteiger partial charge in [-0.15, -0.1) is 0 Å². The second kappa shape index (κ2) is 5.66. The Bertz CT molecular complexity index is 587. The van der Waals surface area contributed by atoms with Crippen molar-refractivity contribution >= 4 is 17.4 Å². The van der Waals surface area contributed by atoms with Crippen LogP contribution in [0.1, 0.15) is 45.4 Å². The predicted molar refractivity (Wildman–Crippen MR) is 92.3 cm³/mol. The summed E-state index contributed by atoms with van der Waals surface area (Å²) in [5, 5.41) is 7.28. The van der Waals surface area contributed by atoms with Gasteiger partial charge in [0.25, 0.3) is 0 Å². The van der Waals surface area contributed by atoms with Gasteiger partial charge in [-0.2, -0.15) is 5.10 Å². The largest absolute Gasteiger partial charge is 0.339 e. The highest BCUT2D eigenvalue weighted by molar-refractivity contribution is 5.92. The van der Waals surface area contributed by atoms with Gasteiger partial charge in [0.2, 0.25) is 0 Å². The zero-order valence-corrected chi connectivity index (χ0v) is 13.7. The average Bonchev–Trinajstić information content (AvgIpc) is 2.52. The molecule has 4 heteroatoms. The summed E-state index contributed by atoms with van der Waals surface area (Å²) in [5.74, 6) is 2.68. The second-order valence-corrected chi connectivity index (χ2v) is 7.83. The molecular formula is C19H25N3O. The van der Waals surface area contributed by atoms with Gasteiger partial charge in [0.1, 0.15) is 0 Å². The Morgan fingerprint density at radius 2 is 1.61 bits per heavy atom. The number of carbonyl (C=O) groups excluding carboxylic acids is 1. The van der Waals surface area contributed by atoms with E-state index >= 15 is 0 Å². The zero-order chi connectivity index (χ0) is 15.9. The number of nitrogens with one attached hydrogen (secondary N) is 2. The van der Waals surface area contributed by atoms with Crippen molar-refractivity contribution < 1.29 is 4.79 Å². The van der Waals surface area contributed by atoms with Crippen molar-refractivity contribution in [2.24, 2.45) is 28.3 Å². The van der Waals surface area contributed by atoms with E-state index in [9.17, 15) is 4.79 Å². The van der Waals surface area contributed by atoms with Crippen LogP contribution < -0.4 is 10.7 Å².